The second-order valence-corrected chi connectivity index (χ2v) is 11.0. The van der Waals surface area contributed by atoms with E-state index in [0.717, 1.165) is 18.7 Å². The fourth-order valence-electron chi connectivity index (χ4n) is 4.39. The average Bonchev–Trinajstić information content (AvgIpc) is 3.50. The average molecular weight is 448 g/mol. The molecule has 8 heteroatoms. The molecule has 2 saturated heterocycles. The van der Waals surface area contributed by atoms with Crippen molar-refractivity contribution in [3.63, 3.8) is 0 Å². The Kier molecular flexibility index (Phi) is 6.57. The summed E-state index contributed by atoms with van der Waals surface area (Å²) in [6, 6.07) is 10.5. The maximum absolute atomic E-state index is 13.1. The monoisotopic (exact) mass is 447 g/mol. The Balaban J connectivity index is 1.46. The number of nitrogens with zero attached hydrogens (tertiary/aromatic N) is 2. The molecule has 0 spiro atoms. The van der Waals surface area contributed by atoms with Gasteiger partial charge in [-0.3, -0.25) is 9.69 Å². The first kappa shape index (κ1) is 21.5. The summed E-state index contributed by atoms with van der Waals surface area (Å²) in [5.41, 5.74) is 1.01. The summed E-state index contributed by atoms with van der Waals surface area (Å²) in [5, 5.41) is 5.14. The van der Waals surface area contributed by atoms with E-state index in [-0.39, 0.29) is 16.8 Å². The number of rotatable bonds is 7. The number of hydrogen-bond acceptors (Lipinski definition) is 5. The fourth-order valence-corrected chi connectivity index (χ4v) is 6.91. The number of benzene rings is 1. The van der Waals surface area contributed by atoms with Gasteiger partial charge >= 0.3 is 0 Å². The number of aryl methyl sites for hydroxylation is 1. The molecule has 1 aromatic carbocycles. The summed E-state index contributed by atoms with van der Waals surface area (Å²) in [6.07, 6.45) is 3.62. The summed E-state index contributed by atoms with van der Waals surface area (Å²) >= 11 is 1.71. The van der Waals surface area contributed by atoms with Crippen molar-refractivity contribution in [1.29, 1.82) is 0 Å². The van der Waals surface area contributed by atoms with Crippen LogP contribution in [-0.2, 0) is 14.8 Å². The zero-order valence-electron chi connectivity index (χ0n) is 17.3. The molecule has 1 N–H and O–H groups in total. The Bertz CT molecular complexity index is 952. The minimum atomic E-state index is -3.68. The molecule has 1 amide bonds. The largest absolute Gasteiger partial charge is 0.353 e. The number of carbonyl (C=O) groups is 1. The van der Waals surface area contributed by atoms with Gasteiger partial charge in [-0.15, -0.1) is 11.3 Å². The highest BCUT2D eigenvalue weighted by Crippen LogP contribution is 2.29. The van der Waals surface area contributed by atoms with Gasteiger partial charge < -0.3 is 5.32 Å². The van der Waals surface area contributed by atoms with E-state index in [4.69, 9.17) is 0 Å². The van der Waals surface area contributed by atoms with E-state index in [1.54, 1.807) is 35.6 Å². The normalized spacial score (nSPS) is 21.7. The molecule has 0 bridgehead atoms. The standard InChI is InChI=1S/C22H29N3O3S2/c1-17-8-10-18(11-9-17)30(27,28)25-14-4-6-19(25)22(26)23-16-20(21-7-5-15-29-21)24-12-2-3-13-24/h5,7-11,15,19-20H,2-4,6,12-14,16H2,1H3,(H,23,26)/t19-,20?/m0/s1. The molecule has 0 radical (unpaired) electrons. The second kappa shape index (κ2) is 9.18. The zero-order valence-corrected chi connectivity index (χ0v) is 18.9. The number of thiophene rings is 1. The smallest absolute Gasteiger partial charge is 0.243 e. The summed E-state index contributed by atoms with van der Waals surface area (Å²) in [7, 11) is -3.68. The zero-order chi connectivity index (χ0) is 21.1. The first-order valence-electron chi connectivity index (χ1n) is 10.6. The van der Waals surface area contributed by atoms with Crippen LogP contribution >= 0.6 is 11.3 Å². The molecule has 2 fully saturated rings. The lowest BCUT2D eigenvalue weighted by molar-refractivity contribution is -0.124. The van der Waals surface area contributed by atoms with Crippen LogP contribution in [0, 0.1) is 6.92 Å². The van der Waals surface area contributed by atoms with Crippen LogP contribution in [0.5, 0.6) is 0 Å². The topological polar surface area (TPSA) is 69.7 Å². The lowest BCUT2D eigenvalue weighted by Crippen LogP contribution is -2.47. The molecule has 2 aromatic rings. The van der Waals surface area contributed by atoms with Crippen molar-refractivity contribution in [3.8, 4) is 0 Å². The molecule has 2 aliphatic heterocycles. The van der Waals surface area contributed by atoms with E-state index in [1.807, 2.05) is 13.0 Å². The number of sulfonamides is 1. The molecule has 2 atom stereocenters. The first-order chi connectivity index (χ1) is 14.5. The minimum Gasteiger partial charge on any atom is -0.353 e. The number of carbonyl (C=O) groups excluding carboxylic acids is 1. The maximum Gasteiger partial charge on any atom is 0.243 e. The van der Waals surface area contributed by atoms with Gasteiger partial charge in [0.2, 0.25) is 15.9 Å². The quantitative estimate of drug-likeness (QED) is 0.708. The lowest BCUT2D eigenvalue weighted by Gasteiger charge is -2.28. The van der Waals surface area contributed by atoms with Crippen molar-refractivity contribution < 1.29 is 13.2 Å². The number of nitrogens with one attached hydrogen (secondary N) is 1. The Hall–Kier alpha value is -1.74. The van der Waals surface area contributed by atoms with Crippen LogP contribution in [0.3, 0.4) is 0 Å². The van der Waals surface area contributed by atoms with Crippen LogP contribution in [0.4, 0.5) is 0 Å². The lowest BCUT2D eigenvalue weighted by atomic mass is 10.2. The molecule has 0 saturated carbocycles. The highest BCUT2D eigenvalue weighted by atomic mass is 32.2. The highest BCUT2D eigenvalue weighted by molar-refractivity contribution is 7.89. The Morgan fingerprint density at radius 2 is 1.87 bits per heavy atom. The van der Waals surface area contributed by atoms with E-state index in [0.29, 0.717) is 25.9 Å². The third kappa shape index (κ3) is 4.46. The van der Waals surface area contributed by atoms with Gasteiger partial charge in [-0.2, -0.15) is 4.31 Å². The molecule has 30 heavy (non-hydrogen) atoms. The van der Waals surface area contributed by atoms with Gasteiger partial charge in [-0.05, 0) is 69.3 Å². The molecule has 1 aromatic heterocycles. The van der Waals surface area contributed by atoms with Gasteiger partial charge in [0.05, 0.1) is 10.9 Å². The van der Waals surface area contributed by atoms with E-state index < -0.39 is 16.1 Å². The van der Waals surface area contributed by atoms with Crippen molar-refractivity contribution in [2.24, 2.45) is 0 Å². The summed E-state index contributed by atoms with van der Waals surface area (Å²) in [6.45, 7) is 4.89. The first-order valence-corrected chi connectivity index (χ1v) is 12.9. The molecular weight excluding hydrogens is 418 g/mol. The Labute approximate surface area is 182 Å². The Morgan fingerprint density at radius 1 is 1.13 bits per heavy atom. The van der Waals surface area contributed by atoms with Gasteiger partial charge in [0.15, 0.2) is 0 Å². The maximum atomic E-state index is 13.1. The predicted octanol–water partition coefficient (Wildman–Crippen LogP) is 3.16. The van der Waals surface area contributed by atoms with E-state index in [1.165, 1.54) is 22.0 Å². The van der Waals surface area contributed by atoms with Crippen LogP contribution in [0.1, 0.15) is 42.2 Å². The van der Waals surface area contributed by atoms with Gasteiger partial charge in [0, 0.05) is 18.0 Å². The van der Waals surface area contributed by atoms with E-state index in [2.05, 4.69) is 21.7 Å². The molecule has 162 valence electrons. The SMILES string of the molecule is Cc1ccc(S(=O)(=O)N2CCC[C@H]2C(=O)NCC(c2cccs2)N2CCCC2)cc1. The van der Waals surface area contributed by atoms with Crippen molar-refractivity contribution in [2.75, 3.05) is 26.2 Å². The van der Waals surface area contributed by atoms with Gasteiger partial charge in [0.1, 0.15) is 6.04 Å². The van der Waals surface area contributed by atoms with E-state index in [9.17, 15) is 13.2 Å². The van der Waals surface area contributed by atoms with Gasteiger partial charge in [-0.1, -0.05) is 23.8 Å². The second-order valence-electron chi connectivity index (χ2n) is 8.11. The van der Waals surface area contributed by atoms with Crippen molar-refractivity contribution in [1.82, 2.24) is 14.5 Å². The van der Waals surface area contributed by atoms with Gasteiger partial charge in [-0.25, -0.2) is 8.42 Å². The molecule has 3 heterocycles. The van der Waals surface area contributed by atoms with Crippen LogP contribution in [-0.4, -0.2) is 55.8 Å². The third-order valence-corrected chi connectivity index (χ3v) is 8.95. The summed E-state index contributed by atoms with van der Waals surface area (Å²) in [4.78, 5) is 17.0. The van der Waals surface area contributed by atoms with Crippen LogP contribution in [0.2, 0.25) is 0 Å². The molecule has 6 nitrogen and oxygen atoms in total. The Morgan fingerprint density at radius 3 is 2.53 bits per heavy atom. The fraction of sp³-hybridized carbons (Fsp3) is 0.500. The molecule has 4 rings (SSSR count). The third-order valence-electron chi connectivity index (χ3n) is 6.06. The van der Waals surface area contributed by atoms with Crippen LogP contribution in [0.25, 0.3) is 0 Å². The number of hydrogen-bond donors (Lipinski definition) is 1. The van der Waals surface area contributed by atoms with Crippen molar-refractivity contribution in [3.05, 3.63) is 52.2 Å². The number of likely N-dealkylation sites (tertiary alicyclic amines) is 1. The van der Waals surface area contributed by atoms with Crippen molar-refractivity contribution in [2.45, 2.75) is 49.6 Å². The highest BCUT2D eigenvalue weighted by Gasteiger charge is 2.39. The van der Waals surface area contributed by atoms with Crippen molar-refractivity contribution >= 4 is 27.3 Å². The predicted molar refractivity (Wildman–Crippen MR) is 119 cm³/mol. The van der Waals surface area contributed by atoms with Crippen LogP contribution in [0.15, 0.2) is 46.7 Å². The van der Waals surface area contributed by atoms with E-state index >= 15 is 0 Å². The van der Waals surface area contributed by atoms with Gasteiger partial charge in [0.25, 0.3) is 0 Å². The van der Waals surface area contributed by atoms with Crippen LogP contribution < -0.4 is 5.32 Å². The molecule has 1 unspecified atom stereocenters. The minimum absolute atomic E-state index is 0.153. The molecular formula is C22H29N3O3S2. The summed E-state index contributed by atoms with van der Waals surface area (Å²) < 4.78 is 27.6. The summed E-state index contributed by atoms with van der Waals surface area (Å²) in [5.74, 6) is -0.191. The molecule has 0 aliphatic carbocycles. The molecule has 2 aliphatic rings. The number of amides is 1.